The van der Waals surface area contributed by atoms with Gasteiger partial charge in [-0.1, -0.05) is 11.6 Å². The van der Waals surface area contributed by atoms with E-state index in [0.717, 1.165) is 18.0 Å². The van der Waals surface area contributed by atoms with Crippen LogP contribution in [0.3, 0.4) is 0 Å². The molecule has 0 unspecified atom stereocenters. The van der Waals surface area contributed by atoms with E-state index in [1.165, 1.54) is 24.1 Å². The number of nitrogens with zero attached hydrogens (tertiary/aromatic N) is 3. The Kier molecular flexibility index (Phi) is 6.53. The lowest BCUT2D eigenvalue weighted by Crippen LogP contribution is -2.17. The predicted octanol–water partition coefficient (Wildman–Crippen LogP) is 5.14. The van der Waals surface area contributed by atoms with Gasteiger partial charge in [-0.3, -0.25) is 4.31 Å². The van der Waals surface area contributed by atoms with Crippen molar-refractivity contribution in [1.82, 2.24) is 9.97 Å². The van der Waals surface area contributed by atoms with Crippen molar-refractivity contribution in [3.8, 4) is 11.5 Å². The Bertz CT molecular complexity index is 960. The Morgan fingerprint density at radius 1 is 1.04 bits per heavy atom. The molecule has 1 aromatic heterocycles. The van der Waals surface area contributed by atoms with Crippen molar-refractivity contribution >= 4 is 29.5 Å². The first-order valence-corrected chi connectivity index (χ1v) is 9.24. The summed E-state index contributed by atoms with van der Waals surface area (Å²) in [6.07, 6.45) is 2.16. The zero-order valence-electron chi connectivity index (χ0n) is 15.0. The Morgan fingerprint density at radius 3 is 2.43 bits per heavy atom. The number of hydrogen-bond acceptors (Lipinski definition) is 6. The molecule has 3 rings (SSSR count). The number of anilines is 1. The highest BCUT2D eigenvalue weighted by molar-refractivity contribution is 8.00. The third kappa shape index (κ3) is 4.82. The second-order valence-electron chi connectivity index (χ2n) is 5.58. The molecule has 0 amide bonds. The highest BCUT2D eigenvalue weighted by Gasteiger charge is 2.17. The Balaban J connectivity index is 1.94. The van der Waals surface area contributed by atoms with Crippen LogP contribution in [0.25, 0.3) is 0 Å². The van der Waals surface area contributed by atoms with Crippen molar-refractivity contribution in [2.75, 3.05) is 18.5 Å². The summed E-state index contributed by atoms with van der Waals surface area (Å²) in [6.45, 7) is 0.332. The van der Waals surface area contributed by atoms with Crippen LogP contribution in [0.4, 0.5) is 14.7 Å². The first-order valence-electron chi connectivity index (χ1n) is 8.09. The SMILES string of the molecule is COc1ccc(CN(Sc2ccc(F)c(Cl)c2)c2ncc(F)cn2)c(OC)c1. The lowest BCUT2D eigenvalue weighted by Gasteiger charge is -2.22. The van der Waals surface area contributed by atoms with Gasteiger partial charge in [0.25, 0.3) is 0 Å². The van der Waals surface area contributed by atoms with Gasteiger partial charge in [-0.05, 0) is 42.3 Å². The van der Waals surface area contributed by atoms with E-state index < -0.39 is 11.6 Å². The molecule has 0 spiro atoms. The van der Waals surface area contributed by atoms with E-state index in [1.807, 2.05) is 6.07 Å². The fraction of sp³-hybridized carbons (Fsp3) is 0.158. The Morgan fingerprint density at radius 2 is 1.79 bits per heavy atom. The van der Waals surface area contributed by atoms with Crippen LogP contribution in [0, 0.1) is 11.6 Å². The summed E-state index contributed by atoms with van der Waals surface area (Å²) in [4.78, 5) is 8.77. The minimum absolute atomic E-state index is 0.00648. The zero-order valence-corrected chi connectivity index (χ0v) is 16.6. The number of methoxy groups -OCH3 is 2. The molecule has 0 radical (unpaired) electrons. The van der Waals surface area contributed by atoms with Gasteiger partial charge in [0, 0.05) is 16.5 Å². The van der Waals surface area contributed by atoms with Gasteiger partial charge in [0.15, 0.2) is 5.82 Å². The molecule has 9 heteroatoms. The van der Waals surface area contributed by atoms with Gasteiger partial charge in [-0.15, -0.1) is 0 Å². The van der Waals surface area contributed by atoms with Crippen molar-refractivity contribution in [3.05, 3.63) is 71.0 Å². The van der Waals surface area contributed by atoms with Crippen LogP contribution in [-0.4, -0.2) is 24.2 Å². The maximum atomic E-state index is 13.5. The van der Waals surface area contributed by atoms with Crippen molar-refractivity contribution in [3.63, 3.8) is 0 Å². The molecule has 0 aliphatic heterocycles. The molecule has 0 aliphatic rings. The fourth-order valence-corrected chi connectivity index (χ4v) is 3.55. The first-order chi connectivity index (χ1) is 13.5. The highest BCUT2D eigenvalue weighted by atomic mass is 35.5. The molecule has 3 aromatic rings. The molecule has 0 aliphatic carbocycles. The van der Waals surface area contributed by atoms with E-state index in [4.69, 9.17) is 21.1 Å². The molecular weight excluding hydrogens is 408 g/mol. The summed E-state index contributed by atoms with van der Waals surface area (Å²) < 4.78 is 39.1. The van der Waals surface area contributed by atoms with E-state index in [9.17, 15) is 8.78 Å². The molecule has 0 bridgehead atoms. The average Bonchev–Trinajstić information content (AvgIpc) is 2.71. The molecule has 0 fully saturated rings. The van der Waals surface area contributed by atoms with Crippen LogP contribution in [0.1, 0.15) is 5.56 Å². The van der Waals surface area contributed by atoms with Crippen molar-refractivity contribution < 1.29 is 18.3 Å². The molecule has 0 saturated heterocycles. The van der Waals surface area contributed by atoms with Crippen molar-refractivity contribution in [2.45, 2.75) is 11.4 Å². The number of benzene rings is 2. The molecule has 0 saturated carbocycles. The zero-order chi connectivity index (χ0) is 20.1. The predicted molar refractivity (Wildman–Crippen MR) is 105 cm³/mol. The minimum atomic E-state index is -0.541. The fourth-order valence-electron chi connectivity index (χ4n) is 2.38. The van der Waals surface area contributed by atoms with Crippen LogP contribution >= 0.6 is 23.5 Å². The summed E-state index contributed by atoms with van der Waals surface area (Å²) >= 11 is 7.13. The third-order valence-corrected chi connectivity index (χ3v) is 5.01. The quantitative estimate of drug-likeness (QED) is 0.490. The largest absolute Gasteiger partial charge is 0.497 e. The van der Waals surface area contributed by atoms with Crippen LogP contribution in [-0.2, 0) is 6.54 Å². The summed E-state index contributed by atoms with van der Waals surface area (Å²) in [7, 11) is 3.13. The normalized spacial score (nSPS) is 10.6. The van der Waals surface area contributed by atoms with Crippen molar-refractivity contribution in [2.24, 2.45) is 0 Å². The monoisotopic (exact) mass is 423 g/mol. The second kappa shape index (κ2) is 9.07. The Hall–Kier alpha value is -2.58. The molecule has 5 nitrogen and oxygen atoms in total. The van der Waals surface area contributed by atoms with Gasteiger partial charge in [0.2, 0.25) is 5.95 Å². The highest BCUT2D eigenvalue weighted by Crippen LogP contribution is 2.33. The van der Waals surface area contributed by atoms with Gasteiger partial charge in [0.05, 0.1) is 38.2 Å². The maximum absolute atomic E-state index is 13.5. The van der Waals surface area contributed by atoms with Gasteiger partial charge in [-0.25, -0.2) is 18.7 Å². The van der Waals surface area contributed by atoms with E-state index >= 15 is 0 Å². The summed E-state index contributed by atoms with van der Waals surface area (Å²) in [5.74, 6) is 0.505. The standard InChI is InChI=1S/C19H16ClF2N3O2S/c1-26-14-4-3-12(18(7-14)27-2)11-25(19-23-9-13(21)10-24-19)28-15-5-6-17(22)16(20)8-15/h3-10H,11H2,1-2H3. The summed E-state index contributed by atoms with van der Waals surface area (Å²) in [6, 6.07) is 9.80. The van der Waals surface area contributed by atoms with Crippen molar-refractivity contribution in [1.29, 1.82) is 0 Å². The molecule has 146 valence electrons. The van der Waals surface area contributed by atoms with E-state index in [-0.39, 0.29) is 11.0 Å². The van der Waals surface area contributed by atoms with Gasteiger partial charge < -0.3 is 9.47 Å². The molecule has 2 aromatic carbocycles. The number of ether oxygens (including phenoxy) is 2. The van der Waals surface area contributed by atoms with Crippen LogP contribution in [0.5, 0.6) is 11.5 Å². The second-order valence-corrected chi connectivity index (χ2v) is 7.08. The topological polar surface area (TPSA) is 47.5 Å². The van der Waals surface area contributed by atoms with Crippen LogP contribution in [0.15, 0.2) is 53.7 Å². The number of hydrogen-bond donors (Lipinski definition) is 0. The maximum Gasteiger partial charge on any atom is 0.236 e. The summed E-state index contributed by atoms with van der Waals surface area (Å²) in [5, 5.41) is 0.00648. The third-order valence-electron chi connectivity index (χ3n) is 3.74. The number of aromatic nitrogens is 2. The van der Waals surface area contributed by atoms with Gasteiger partial charge in [-0.2, -0.15) is 0 Å². The Labute approximate surface area is 170 Å². The molecule has 28 heavy (non-hydrogen) atoms. The number of rotatable bonds is 7. The lowest BCUT2D eigenvalue weighted by atomic mass is 10.2. The molecule has 1 heterocycles. The van der Waals surface area contributed by atoms with Gasteiger partial charge in [0.1, 0.15) is 17.3 Å². The van der Waals surface area contributed by atoms with Crippen LogP contribution in [0.2, 0.25) is 5.02 Å². The summed E-state index contributed by atoms with van der Waals surface area (Å²) in [5.41, 5.74) is 0.830. The van der Waals surface area contributed by atoms with Crippen LogP contribution < -0.4 is 13.8 Å². The van der Waals surface area contributed by atoms with Gasteiger partial charge >= 0.3 is 0 Å². The van der Waals surface area contributed by atoms with E-state index in [1.54, 1.807) is 36.7 Å². The average molecular weight is 424 g/mol. The smallest absolute Gasteiger partial charge is 0.236 e. The lowest BCUT2D eigenvalue weighted by molar-refractivity contribution is 0.391. The minimum Gasteiger partial charge on any atom is -0.497 e. The van der Waals surface area contributed by atoms with E-state index in [0.29, 0.717) is 22.9 Å². The van der Waals surface area contributed by atoms with E-state index in [2.05, 4.69) is 9.97 Å². The molecular formula is C19H16ClF2N3O2S. The molecule has 0 N–H and O–H groups in total. The first kappa shape index (κ1) is 20.2. The molecule has 0 atom stereocenters. The number of halogens is 3.